The Bertz CT molecular complexity index is 572. The summed E-state index contributed by atoms with van der Waals surface area (Å²) in [5.74, 6) is 0.932. The van der Waals surface area contributed by atoms with E-state index in [1.54, 1.807) is 0 Å². The van der Waals surface area contributed by atoms with Crippen molar-refractivity contribution in [1.82, 2.24) is 9.78 Å². The Morgan fingerprint density at radius 1 is 1.25 bits per heavy atom. The molecule has 0 bridgehead atoms. The molecule has 0 aliphatic rings. The highest BCUT2D eigenvalue weighted by molar-refractivity contribution is 5.65. The molecule has 20 heavy (non-hydrogen) atoms. The molecule has 0 radical (unpaired) electrons. The average Bonchev–Trinajstić information content (AvgIpc) is 2.69. The van der Waals surface area contributed by atoms with Crippen molar-refractivity contribution in [3.05, 3.63) is 41.1 Å². The minimum Gasteiger partial charge on any atom is -0.394 e. The summed E-state index contributed by atoms with van der Waals surface area (Å²) in [4.78, 5) is 0. The molecular weight excluding hydrogens is 248 g/mol. The SMILES string of the molecule is CCCc1nn(C)c(NCCc2ccccc2C)c1N. The number of nitrogens with zero attached hydrogens (tertiary/aromatic N) is 2. The van der Waals surface area contributed by atoms with Crippen LogP contribution in [0, 0.1) is 6.92 Å². The number of nitrogens with two attached hydrogens (primary N) is 1. The minimum absolute atomic E-state index is 0.791. The third-order valence-corrected chi connectivity index (χ3v) is 3.60. The summed E-state index contributed by atoms with van der Waals surface area (Å²) in [5.41, 5.74) is 10.6. The molecule has 0 unspecified atom stereocenters. The fraction of sp³-hybridized carbons (Fsp3) is 0.438. The monoisotopic (exact) mass is 272 g/mol. The summed E-state index contributed by atoms with van der Waals surface area (Å²) in [6, 6.07) is 8.47. The lowest BCUT2D eigenvalue weighted by atomic mass is 10.1. The topological polar surface area (TPSA) is 55.9 Å². The third kappa shape index (κ3) is 3.13. The van der Waals surface area contributed by atoms with Gasteiger partial charge < -0.3 is 11.1 Å². The van der Waals surface area contributed by atoms with Crippen molar-refractivity contribution >= 4 is 11.5 Å². The molecule has 0 spiro atoms. The van der Waals surface area contributed by atoms with E-state index in [-0.39, 0.29) is 0 Å². The second-order valence-corrected chi connectivity index (χ2v) is 5.19. The van der Waals surface area contributed by atoms with Gasteiger partial charge >= 0.3 is 0 Å². The van der Waals surface area contributed by atoms with E-state index in [9.17, 15) is 0 Å². The zero-order valence-electron chi connectivity index (χ0n) is 12.6. The van der Waals surface area contributed by atoms with Gasteiger partial charge in [0.15, 0.2) is 0 Å². The first-order valence-electron chi connectivity index (χ1n) is 7.23. The van der Waals surface area contributed by atoms with E-state index in [0.717, 1.165) is 43.0 Å². The molecule has 0 aliphatic carbocycles. The number of anilines is 2. The van der Waals surface area contributed by atoms with Crippen molar-refractivity contribution in [2.75, 3.05) is 17.6 Å². The lowest BCUT2D eigenvalue weighted by molar-refractivity contribution is 0.734. The zero-order chi connectivity index (χ0) is 14.5. The Labute approximate surface area is 121 Å². The summed E-state index contributed by atoms with van der Waals surface area (Å²) < 4.78 is 1.85. The number of hydrogen-bond donors (Lipinski definition) is 2. The average molecular weight is 272 g/mol. The van der Waals surface area contributed by atoms with Crippen LogP contribution >= 0.6 is 0 Å². The molecule has 0 fully saturated rings. The highest BCUT2D eigenvalue weighted by Crippen LogP contribution is 2.23. The van der Waals surface area contributed by atoms with Crippen LogP contribution in [0.15, 0.2) is 24.3 Å². The second-order valence-electron chi connectivity index (χ2n) is 5.19. The van der Waals surface area contributed by atoms with Gasteiger partial charge in [-0.1, -0.05) is 37.6 Å². The Kier molecular flexibility index (Phi) is 4.66. The van der Waals surface area contributed by atoms with Gasteiger partial charge in [0.1, 0.15) is 5.82 Å². The molecule has 1 aromatic carbocycles. The van der Waals surface area contributed by atoms with Crippen LogP contribution in [-0.2, 0) is 19.9 Å². The Hall–Kier alpha value is -1.97. The summed E-state index contributed by atoms with van der Waals surface area (Å²) >= 11 is 0. The van der Waals surface area contributed by atoms with E-state index in [1.165, 1.54) is 11.1 Å². The Morgan fingerprint density at radius 3 is 2.70 bits per heavy atom. The summed E-state index contributed by atoms with van der Waals surface area (Å²) in [7, 11) is 1.94. The van der Waals surface area contributed by atoms with E-state index in [4.69, 9.17) is 5.73 Å². The van der Waals surface area contributed by atoms with Gasteiger partial charge in [-0.3, -0.25) is 4.68 Å². The lowest BCUT2D eigenvalue weighted by Gasteiger charge is -2.09. The number of benzene rings is 1. The van der Waals surface area contributed by atoms with Crippen molar-refractivity contribution < 1.29 is 0 Å². The van der Waals surface area contributed by atoms with Gasteiger partial charge in [0.25, 0.3) is 0 Å². The first-order valence-corrected chi connectivity index (χ1v) is 7.23. The lowest BCUT2D eigenvalue weighted by Crippen LogP contribution is -2.10. The van der Waals surface area contributed by atoms with Crippen LogP contribution in [0.2, 0.25) is 0 Å². The van der Waals surface area contributed by atoms with Gasteiger partial charge in [-0.2, -0.15) is 5.10 Å². The Balaban J connectivity index is 1.99. The van der Waals surface area contributed by atoms with Crippen molar-refractivity contribution in [3.63, 3.8) is 0 Å². The molecule has 0 saturated carbocycles. The van der Waals surface area contributed by atoms with Crippen molar-refractivity contribution in [3.8, 4) is 0 Å². The molecule has 108 valence electrons. The molecule has 4 heteroatoms. The molecule has 0 aliphatic heterocycles. The van der Waals surface area contributed by atoms with Gasteiger partial charge in [-0.25, -0.2) is 0 Å². The van der Waals surface area contributed by atoms with E-state index >= 15 is 0 Å². The number of aryl methyl sites for hydroxylation is 3. The fourth-order valence-corrected chi connectivity index (χ4v) is 2.43. The van der Waals surface area contributed by atoms with Crippen molar-refractivity contribution in [2.45, 2.75) is 33.1 Å². The van der Waals surface area contributed by atoms with Crippen molar-refractivity contribution in [1.29, 1.82) is 0 Å². The Morgan fingerprint density at radius 2 is 2.00 bits per heavy atom. The second kappa shape index (κ2) is 6.46. The van der Waals surface area contributed by atoms with Gasteiger partial charge in [0.05, 0.1) is 11.4 Å². The number of hydrogen-bond acceptors (Lipinski definition) is 3. The molecule has 2 rings (SSSR count). The quantitative estimate of drug-likeness (QED) is 0.850. The van der Waals surface area contributed by atoms with Crippen molar-refractivity contribution in [2.24, 2.45) is 7.05 Å². The number of nitrogens with one attached hydrogen (secondary N) is 1. The molecule has 4 nitrogen and oxygen atoms in total. The van der Waals surface area contributed by atoms with E-state index in [1.807, 2.05) is 11.7 Å². The van der Waals surface area contributed by atoms with E-state index < -0.39 is 0 Å². The number of nitrogen functional groups attached to an aromatic ring is 1. The van der Waals surface area contributed by atoms with Crippen LogP contribution in [0.5, 0.6) is 0 Å². The standard InChI is InChI=1S/C16H24N4/c1-4-7-14-15(17)16(20(3)19-14)18-11-10-13-9-6-5-8-12(13)2/h5-6,8-9,18H,4,7,10-11,17H2,1-3H3. The molecular formula is C16H24N4. The molecule has 0 amide bonds. The third-order valence-electron chi connectivity index (χ3n) is 3.60. The van der Waals surface area contributed by atoms with Gasteiger partial charge in [0.2, 0.25) is 0 Å². The maximum absolute atomic E-state index is 6.15. The highest BCUT2D eigenvalue weighted by atomic mass is 15.3. The van der Waals surface area contributed by atoms with Crippen LogP contribution in [0.4, 0.5) is 11.5 Å². The van der Waals surface area contributed by atoms with Crippen LogP contribution < -0.4 is 11.1 Å². The first-order chi connectivity index (χ1) is 9.63. The summed E-state index contributed by atoms with van der Waals surface area (Å²) in [6.07, 6.45) is 2.98. The zero-order valence-corrected chi connectivity index (χ0v) is 12.6. The first kappa shape index (κ1) is 14.4. The van der Waals surface area contributed by atoms with Crippen LogP contribution in [0.25, 0.3) is 0 Å². The van der Waals surface area contributed by atoms with Gasteiger partial charge in [-0.05, 0) is 30.9 Å². The predicted octanol–water partition coefficient (Wildman–Crippen LogP) is 2.92. The van der Waals surface area contributed by atoms with E-state index in [2.05, 4.69) is 48.5 Å². The molecule has 2 aromatic rings. The number of aromatic nitrogens is 2. The molecule has 0 atom stereocenters. The molecule has 1 aromatic heterocycles. The summed E-state index contributed by atoms with van der Waals surface area (Å²) in [6.45, 7) is 5.15. The highest BCUT2D eigenvalue weighted by Gasteiger charge is 2.11. The smallest absolute Gasteiger partial charge is 0.147 e. The van der Waals surface area contributed by atoms with Crippen LogP contribution in [0.1, 0.15) is 30.2 Å². The molecule has 1 heterocycles. The van der Waals surface area contributed by atoms with Crippen LogP contribution in [0.3, 0.4) is 0 Å². The predicted molar refractivity (Wildman–Crippen MR) is 85.0 cm³/mol. The van der Waals surface area contributed by atoms with Crippen LogP contribution in [-0.4, -0.2) is 16.3 Å². The molecule has 0 saturated heterocycles. The van der Waals surface area contributed by atoms with Gasteiger partial charge in [0, 0.05) is 13.6 Å². The molecule has 3 N–H and O–H groups in total. The summed E-state index contributed by atoms with van der Waals surface area (Å²) in [5, 5.41) is 7.88. The maximum atomic E-state index is 6.15. The van der Waals surface area contributed by atoms with Gasteiger partial charge in [-0.15, -0.1) is 0 Å². The largest absolute Gasteiger partial charge is 0.394 e. The van der Waals surface area contributed by atoms with E-state index in [0.29, 0.717) is 0 Å². The minimum atomic E-state index is 0.791. The maximum Gasteiger partial charge on any atom is 0.147 e. The fourth-order valence-electron chi connectivity index (χ4n) is 2.43. The normalized spacial score (nSPS) is 10.8. The number of rotatable bonds is 6.